The average molecular weight is 318 g/mol. The van der Waals surface area contributed by atoms with E-state index in [2.05, 4.69) is 9.88 Å². The van der Waals surface area contributed by atoms with Crippen LogP contribution >= 0.6 is 0 Å². The molecule has 23 heavy (non-hydrogen) atoms. The van der Waals surface area contributed by atoms with E-state index in [9.17, 15) is 9.90 Å². The van der Waals surface area contributed by atoms with Gasteiger partial charge in [-0.1, -0.05) is 12.8 Å². The van der Waals surface area contributed by atoms with Crippen LogP contribution < -0.4 is 4.74 Å². The summed E-state index contributed by atoms with van der Waals surface area (Å²) in [6.07, 6.45) is 6.26. The van der Waals surface area contributed by atoms with Crippen molar-refractivity contribution in [2.45, 2.75) is 46.1 Å². The van der Waals surface area contributed by atoms with Gasteiger partial charge >= 0.3 is 5.97 Å². The van der Waals surface area contributed by atoms with Crippen molar-refractivity contribution in [3.8, 4) is 5.75 Å². The van der Waals surface area contributed by atoms with Gasteiger partial charge in [-0.3, -0.25) is 14.7 Å². The number of pyridine rings is 1. The van der Waals surface area contributed by atoms with Gasteiger partial charge in [-0.2, -0.15) is 0 Å². The van der Waals surface area contributed by atoms with Crippen LogP contribution in [0.3, 0.4) is 0 Å². The Labute approximate surface area is 137 Å². The molecule has 2 aliphatic rings. The Bertz CT molecular complexity index is 609. The molecule has 1 aromatic rings. The Balaban J connectivity index is 1.81. The third-order valence-electron chi connectivity index (χ3n) is 5.74. The third-order valence-corrected chi connectivity index (χ3v) is 5.74. The normalized spacial score (nSPS) is 23.5. The van der Waals surface area contributed by atoms with Gasteiger partial charge in [-0.15, -0.1) is 0 Å². The lowest BCUT2D eigenvalue weighted by molar-refractivity contribution is -0.144. The number of likely N-dealkylation sites (tertiary alicyclic amines) is 1. The number of aryl methyl sites for hydroxylation is 1. The second-order valence-electron chi connectivity index (χ2n) is 7.18. The van der Waals surface area contributed by atoms with Crippen LogP contribution in [0.4, 0.5) is 0 Å². The first kappa shape index (κ1) is 16.2. The number of carbonyl (C=O) groups is 1. The fraction of sp³-hybridized carbons (Fsp3) is 0.667. The number of hydrogen-bond acceptors (Lipinski definition) is 4. The lowest BCUT2D eigenvalue weighted by atomic mass is 9.77. The van der Waals surface area contributed by atoms with Crippen molar-refractivity contribution in [2.24, 2.45) is 11.3 Å². The van der Waals surface area contributed by atoms with Crippen molar-refractivity contribution in [1.29, 1.82) is 0 Å². The summed E-state index contributed by atoms with van der Waals surface area (Å²) in [4.78, 5) is 18.5. The SMILES string of the molecule is COc1c(C)cnc(CN2CC(C(=O)O)C3(CCCC3)C2)c1C. The first-order valence-electron chi connectivity index (χ1n) is 8.41. The highest BCUT2D eigenvalue weighted by Crippen LogP contribution is 2.49. The van der Waals surface area contributed by atoms with Gasteiger partial charge in [0.15, 0.2) is 0 Å². The van der Waals surface area contributed by atoms with E-state index in [0.29, 0.717) is 13.1 Å². The van der Waals surface area contributed by atoms with Crippen LogP contribution in [0, 0.1) is 25.2 Å². The van der Waals surface area contributed by atoms with Gasteiger partial charge in [-0.05, 0) is 32.1 Å². The van der Waals surface area contributed by atoms with E-state index in [4.69, 9.17) is 4.74 Å². The molecule has 2 fully saturated rings. The predicted molar refractivity (Wildman–Crippen MR) is 87.6 cm³/mol. The van der Waals surface area contributed by atoms with Crippen molar-refractivity contribution in [3.05, 3.63) is 23.0 Å². The molecule has 0 aromatic carbocycles. The summed E-state index contributed by atoms with van der Waals surface area (Å²) in [6, 6.07) is 0. The topological polar surface area (TPSA) is 62.7 Å². The minimum absolute atomic E-state index is 0.0193. The van der Waals surface area contributed by atoms with Crippen LogP contribution in [0.15, 0.2) is 6.20 Å². The molecule has 1 aliphatic carbocycles. The maximum absolute atomic E-state index is 11.7. The van der Waals surface area contributed by atoms with Crippen LogP contribution in [0.2, 0.25) is 0 Å². The van der Waals surface area contributed by atoms with Gasteiger partial charge in [0.05, 0.1) is 18.7 Å². The van der Waals surface area contributed by atoms with E-state index in [-0.39, 0.29) is 11.3 Å². The number of aliphatic carboxylic acids is 1. The number of carboxylic acids is 1. The lowest BCUT2D eigenvalue weighted by Gasteiger charge is -2.27. The third kappa shape index (κ3) is 2.82. The van der Waals surface area contributed by atoms with Crippen molar-refractivity contribution in [1.82, 2.24) is 9.88 Å². The van der Waals surface area contributed by atoms with Gasteiger partial charge in [0, 0.05) is 37.0 Å². The van der Waals surface area contributed by atoms with Crippen LogP contribution in [0.1, 0.15) is 42.5 Å². The Morgan fingerprint density at radius 1 is 1.43 bits per heavy atom. The molecule has 1 N–H and O–H groups in total. The Morgan fingerprint density at radius 3 is 2.74 bits per heavy atom. The van der Waals surface area contributed by atoms with E-state index >= 15 is 0 Å². The monoisotopic (exact) mass is 318 g/mol. The zero-order valence-electron chi connectivity index (χ0n) is 14.3. The molecule has 3 rings (SSSR count). The molecule has 1 atom stereocenters. The van der Waals surface area contributed by atoms with Crippen LogP contribution in [-0.4, -0.2) is 41.2 Å². The zero-order chi connectivity index (χ0) is 16.6. The first-order chi connectivity index (χ1) is 11.0. The molecule has 1 aliphatic heterocycles. The standard InChI is InChI=1S/C18H26N2O3/c1-12-8-19-15(13(2)16(12)23-3)10-20-9-14(17(21)22)18(11-20)6-4-5-7-18/h8,14H,4-7,9-11H2,1-3H3,(H,21,22). The van der Waals surface area contributed by atoms with Gasteiger partial charge in [0.1, 0.15) is 5.75 Å². The summed E-state index contributed by atoms with van der Waals surface area (Å²) in [6.45, 7) is 6.23. The first-order valence-corrected chi connectivity index (χ1v) is 8.41. The molecule has 1 saturated carbocycles. The van der Waals surface area contributed by atoms with E-state index in [0.717, 1.165) is 54.8 Å². The highest BCUT2D eigenvalue weighted by atomic mass is 16.5. The van der Waals surface area contributed by atoms with Crippen molar-refractivity contribution >= 4 is 5.97 Å². The average Bonchev–Trinajstić information content (AvgIpc) is 3.11. The summed E-state index contributed by atoms with van der Waals surface area (Å²) in [5.41, 5.74) is 3.07. The largest absolute Gasteiger partial charge is 0.496 e. The van der Waals surface area contributed by atoms with E-state index in [1.54, 1.807) is 7.11 Å². The molecule has 0 bridgehead atoms. The number of ether oxygens (including phenoxy) is 1. The minimum Gasteiger partial charge on any atom is -0.496 e. The van der Waals surface area contributed by atoms with Crippen LogP contribution in [0.25, 0.3) is 0 Å². The molecular weight excluding hydrogens is 292 g/mol. The van der Waals surface area contributed by atoms with E-state index in [1.807, 2.05) is 20.0 Å². The van der Waals surface area contributed by atoms with Crippen molar-refractivity contribution in [3.63, 3.8) is 0 Å². The quantitative estimate of drug-likeness (QED) is 0.925. The van der Waals surface area contributed by atoms with Gasteiger partial charge in [-0.25, -0.2) is 0 Å². The van der Waals surface area contributed by atoms with Crippen molar-refractivity contribution in [2.75, 3.05) is 20.2 Å². The molecule has 0 radical (unpaired) electrons. The minimum atomic E-state index is -0.638. The van der Waals surface area contributed by atoms with E-state index in [1.165, 1.54) is 0 Å². The molecular formula is C18H26N2O3. The number of nitrogens with zero attached hydrogens (tertiary/aromatic N) is 2. The van der Waals surface area contributed by atoms with Gasteiger partial charge in [0.2, 0.25) is 0 Å². The summed E-state index contributed by atoms with van der Waals surface area (Å²) in [5.74, 6) is 0.0118. The molecule has 1 aromatic heterocycles. The molecule has 0 amide bonds. The summed E-state index contributed by atoms with van der Waals surface area (Å²) < 4.78 is 5.48. The lowest BCUT2D eigenvalue weighted by Crippen LogP contribution is -2.32. The highest BCUT2D eigenvalue weighted by Gasteiger charge is 2.51. The maximum Gasteiger partial charge on any atom is 0.308 e. The smallest absolute Gasteiger partial charge is 0.308 e. The number of hydrogen-bond donors (Lipinski definition) is 1. The number of rotatable bonds is 4. The fourth-order valence-corrected chi connectivity index (χ4v) is 4.56. The fourth-order valence-electron chi connectivity index (χ4n) is 4.56. The van der Waals surface area contributed by atoms with Crippen LogP contribution in [-0.2, 0) is 11.3 Å². The summed E-state index contributed by atoms with van der Waals surface area (Å²) in [5, 5.41) is 9.63. The molecule has 126 valence electrons. The highest BCUT2D eigenvalue weighted by molar-refractivity contribution is 5.72. The molecule has 5 nitrogen and oxygen atoms in total. The van der Waals surface area contributed by atoms with Crippen LogP contribution in [0.5, 0.6) is 5.75 Å². The van der Waals surface area contributed by atoms with Gasteiger partial charge < -0.3 is 9.84 Å². The molecule has 1 saturated heterocycles. The Kier molecular flexibility index (Phi) is 4.32. The van der Waals surface area contributed by atoms with E-state index < -0.39 is 5.97 Å². The zero-order valence-corrected chi connectivity index (χ0v) is 14.3. The number of carboxylic acid groups (broad SMARTS) is 1. The summed E-state index contributed by atoms with van der Waals surface area (Å²) in [7, 11) is 1.68. The summed E-state index contributed by atoms with van der Waals surface area (Å²) >= 11 is 0. The van der Waals surface area contributed by atoms with Gasteiger partial charge in [0.25, 0.3) is 0 Å². The van der Waals surface area contributed by atoms with Crippen molar-refractivity contribution < 1.29 is 14.6 Å². The molecule has 1 spiro atoms. The number of methoxy groups -OCH3 is 1. The second-order valence-corrected chi connectivity index (χ2v) is 7.18. The maximum atomic E-state index is 11.7. The Morgan fingerprint density at radius 2 is 2.13 bits per heavy atom. The predicted octanol–water partition coefficient (Wildman–Crippen LogP) is 2.78. The Hall–Kier alpha value is -1.62. The molecule has 5 heteroatoms. The molecule has 2 heterocycles. The second kappa shape index (κ2) is 6.11. The number of aromatic nitrogens is 1. The molecule has 1 unspecified atom stereocenters.